The van der Waals surface area contributed by atoms with Crippen LogP contribution in [0.5, 0.6) is 0 Å². The molecule has 1 amide bonds. The number of hydrogen-bond donors (Lipinski definition) is 0. The Hall–Kier alpha value is -2.69. The number of rotatable bonds is 5. The monoisotopic (exact) mass is 355 g/mol. The van der Waals surface area contributed by atoms with Crippen LogP contribution in [0.2, 0.25) is 0 Å². The van der Waals surface area contributed by atoms with Crippen molar-refractivity contribution in [2.24, 2.45) is 0 Å². The molecule has 26 heavy (non-hydrogen) atoms. The molecular formula is C19H21N3O4. The Labute approximate surface area is 152 Å². The molecule has 0 saturated carbocycles. The number of methoxy groups -OCH3 is 2. The fraction of sp³-hybridized carbons (Fsp3) is 0.421. The molecule has 1 saturated heterocycles. The number of amides is 1. The molecule has 7 nitrogen and oxygen atoms in total. The van der Waals surface area contributed by atoms with Crippen LogP contribution in [-0.2, 0) is 20.8 Å². The summed E-state index contributed by atoms with van der Waals surface area (Å²) in [5.74, 6) is 0. The van der Waals surface area contributed by atoms with E-state index in [0.717, 1.165) is 23.8 Å². The summed E-state index contributed by atoms with van der Waals surface area (Å²) >= 11 is 0. The minimum atomic E-state index is -0.691. The molecule has 0 N–H and O–H groups in total. The summed E-state index contributed by atoms with van der Waals surface area (Å²) in [6.07, 6.45) is 0.725. The first-order valence-corrected chi connectivity index (χ1v) is 8.48. The Bertz CT molecular complexity index is 843. The van der Waals surface area contributed by atoms with Gasteiger partial charge in [-0.25, -0.2) is 9.78 Å². The number of para-hydroxylation sites is 1. The fourth-order valence-electron chi connectivity index (χ4n) is 3.09. The first kappa shape index (κ1) is 18.1. The lowest BCUT2D eigenvalue weighted by molar-refractivity contribution is -0.109. The van der Waals surface area contributed by atoms with Crippen molar-refractivity contribution >= 4 is 17.0 Å². The summed E-state index contributed by atoms with van der Waals surface area (Å²) in [6, 6.07) is 9.52. The lowest BCUT2D eigenvalue weighted by Crippen LogP contribution is -2.31. The van der Waals surface area contributed by atoms with E-state index in [9.17, 15) is 10.1 Å². The molecule has 0 unspecified atom stereocenters. The van der Waals surface area contributed by atoms with Crippen molar-refractivity contribution < 1.29 is 19.0 Å². The van der Waals surface area contributed by atoms with Crippen molar-refractivity contribution in [2.45, 2.75) is 25.7 Å². The molecule has 0 spiro atoms. The topological polar surface area (TPSA) is 84.7 Å². The lowest BCUT2D eigenvalue weighted by Gasteiger charge is -2.23. The zero-order chi connectivity index (χ0) is 18.5. The van der Waals surface area contributed by atoms with Crippen molar-refractivity contribution in [3.8, 4) is 6.07 Å². The average Bonchev–Trinajstić information content (AvgIpc) is 2.87. The van der Waals surface area contributed by atoms with Gasteiger partial charge >= 0.3 is 6.09 Å². The normalized spacial score (nSPS) is 15.0. The highest BCUT2D eigenvalue weighted by Gasteiger charge is 2.24. The Balaban J connectivity index is 2.08. The Morgan fingerprint density at radius 3 is 2.88 bits per heavy atom. The van der Waals surface area contributed by atoms with Crippen LogP contribution >= 0.6 is 0 Å². The lowest BCUT2D eigenvalue weighted by atomic mass is 10.0. The summed E-state index contributed by atoms with van der Waals surface area (Å²) in [4.78, 5) is 18.5. The van der Waals surface area contributed by atoms with E-state index < -0.39 is 6.29 Å². The van der Waals surface area contributed by atoms with Crippen molar-refractivity contribution in [2.75, 3.05) is 27.4 Å². The van der Waals surface area contributed by atoms with Gasteiger partial charge in [0, 0.05) is 26.2 Å². The number of pyridine rings is 1. The Kier molecular flexibility index (Phi) is 5.66. The van der Waals surface area contributed by atoms with Gasteiger partial charge in [0.15, 0.2) is 0 Å². The van der Waals surface area contributed by atoms with E-state index in [1.54, 1.807) is 11.0 Å². The molecule has 1 aliphatic heterocycles. The number of nitrogens with zero attached hydrogens (tertiary/aromatic N) is 3. The molecule has 0 atom stereocenters. The van der Waals surface area contributed by atoms with E-state index in [2.05, 4.69) is 11.1 Å². The highest BCUT2D eigenvalue weighted by atomic mass is 16.7. The van der Waals surface area contributed by atoms with E-state index in [4.69, 9.17) is 14.2 Å². The predicted octanol–water partition coefficient (Wildman–Crippen LogP) is 3.13. The van der Waals surface area contributed by atoms with E-state index in [0.29, 0.717) is 36.5 Å². The second-order valence-electron chi connectivity index (χ2n) is 6.07. The molecule has 136 valence electrons. The van der Waals surface area contributed by atoms with Crippen LogP contribution < -0.4 is 0 Å². The highest BCUT2D eigenvalue weighted by molar-refractivity contribution is 5.85. The molecule has 1 aromatic heterocycles. The summed E-state index contributed by atoms with van der Waals surface area (Å²) in [5, 5.41) is 10.2. The number of ether oxygens (including phenoxy) is 3. The highest BCUT2D eigenvalue weighted by Crippen LogP contribution is 2.27. The van der Waals surface area contributed by atoms with Crippen LogP contribution in [0.4, 0.5) is 4.79 Å². The van der Waals surface area contributed by atoms with Gasteiger partial charge in [0.1, 0.15) is 11.8 Å². The van der Waals surface area contributed by atoms with E-state index >= 15 is 0 Å². The van der Waals surface area contributed by atoms with Crippen molar-refractivity contribution in [1.82, 2.24) is 9.88 Å². The maximum atomic E-state index is 12.2. The molecular weight excluding hydrogens is 334 g/mol. The number of cyclic esters (lactones) is 1. The van der Waals surface area contributed by atoms with Crippen molar-refractivity contribution in [3.63, 3.8) is 0 Å². The number of carbonyl (C=O) groups excluding carboxylic acids is 1. The zero-order valence-corrected chi connectivity index (χ0v) is 14.9. The van der Waals surface area contributed by atoms with Crippen molar-refractivity contribution in [1.29, 1.82) is 5.26 Å². The molecule has 0 aliphatic carbocycles. The van der Waals surface area contributed by atoms with Gasteiger partial charge in [0.05, 0.1) is 24.2 Å². The number of fused-ring (bicyclic) bond motifs is 1. The molecule has 1 aromatic carbocycles. The maximum Gasteiger partial charge on any atom is 0.410 e. The number of aromatic nitrogens is 1. The molecule has 3 rings (SSSR count). The minimum absolute atomic E-state index is 0.328. The van der Waals surface area contributed by atoms with E-state index in [-0.39, 0.29) is 6.09 Å². The smallest absolute Gasteiger partial charge is 0.410 e. The largest absolute Gasteiger partial charge is 0.449 e. The molecule has 2 heterocycles. The predicted molar refractivity (Wildman–Crippen MR) is 94.2 cm³/mol. The SMILES string of the molecule is COC(OC)c1nc2c(C#N)cccc2cc1CN1CCCCOC1=O. The second kappa shape index (κ2) is 8.13. The number of carbonyl (C=O) groups is 1. The minimum Gasteiger partial charge on any atom is -0.449 e. The third-order valence-corrected chi connectivity index (χ3v) is 4.40. The Morgan fingerprint density at radius 2 is 2.15 bits per heavy atom. The number of nitriles is 1. The summed E-state index contributed by atoms with van der Waals surface area (Å²) in [5.41, 5.74) is 2.43. The number of hydrogen-bond acceptors (Lipinski definition) is 6. The first-order valence-electron chi connectivity index (χ1n) is 8.48. The average molecular weight is 355 g/mol. The molecule has 0 radical (unpaired) electrons. The summed E-state index contributed by atoms with van der Waals surface area (Å²) in [7, 11) is 3.06. The maximum absolute atomic E-state index is 12.2. The van der Waals surface area contributed by atoms with E-state index in [1.165, 1.54) is 14.2 Å². The van der Waals surface area contributed by atoms with Crippen LogP contribution in [0, 0.1) is 11.3 Å². The van der Waals surface area contributed by atoms with Gasteiger partial charge in [-0.1, -0.05) is 12.1 Å². The van der Waals surface area contributed by atoms with Crippen LogP contribution in [0.25, 0.3) is 10.9 Å². The van der Waals surface area contributed by atoms with Crippen LogP contribution in [0.15, 0.2) is 24.3 Å². The van der Waals surface area contributed by atoms with E-state index in [1.807, 2.05) is 18.2 Å². The summed E-state index contributed by atoms with van der Waals surface area (Å²) in [6.45, 7) is 1.42. The standard InChI is InChI=1S/C19H21N3O4/c1-24-18(25-2)17-15(12-22-8-3-4-9-26-19(22)23)10-13-6-5-7-14(11-20)16(13)21-17/h5-7,10,18H,3-4,8-9,12H2,1-2H3. The quantitative estimate of drug-likeness (QED) is 0.766. The zero-order valence-electron chi connectivity index (χ0n) is 14.9. The van der Waals surface area contributed by atoms with Gasteiger partial charge in [-0.2, -0.15) is 5.26 Å². The third-order valence-electron chi connectivity index (χ3n) is 4.40. The second-order valence-corrected chi connectivity index (χ2v) is 6.07. The van der Waals surface area contributed by atoms with Crippen LogP contribution in [-0.4, -0.2) is 43.3 Å². The Morgan fingerprint density at radius 1 is 1.35 bits per heavy atom. The van der Waals surface area contributed by atoms with Gasteiger partial charge in [-0.3, -0.25) is 0 Å². The fourth-order valence-corrected chi connectivity index (χ4v) is 3.09. The third kappa shape index (κ3) is 3.62. The van der Waals surface area contributed by atoms with Gasteiger partial charge in [0.2, 0.25) is 6.29 Å². The molecule has 1 aliphatic rings. The molecule has 2 aromatic rings. The molecule has 7 heteroatoms. The van der Waals surface area contributed by atoms with Crippen molar-refractivity contribution in [3.05, 3.63) is 41.1 Å². The van der Waals surface area contributed by atoms with Crippen LogP contribution in [0.1, 0.15) is 36.0 Å². The van der Waals surface area contributed by atoms with Gasteiger partial charge in [0.25, 0.3) is 0 Å². The molecule has 1 fully saturated rings. The van der Waals surface area contributed by atoms with Gasteiger partial charge < -0.3 is 19.1 Å². The molecule has 0 bridgehead atoms. The van der Waals surface area contributed by atoms with Gasteiger partial charge in [-0.05, 0) is 30.5 Å². The summed E-state index contributed by atoms with van der Waals surface area (Å²) < 4.78 is 16.0. The first-order chi connectivity index (χ1) is 12.7. The number of benzene rings is 1. The van der Waals surface area contributed by atoms with Gasteiger partial charge in [-0.15, -0.1) is 0 Å². The van der Waals surface area contributed by atoms with Crippen LogP contribution in [0.3, 0.4) is 0 Å².